The highest BCUT2D eigenvalue weighted by Crippen LogP contribution is 2.34. The molecule has 3 aromatic heterocycles. The molecule has 5 rings (SSSR count). The van der Waals surface area contributed by atoms with Crippen LogP contribution in [0.3, 0.4) is 0 Å². The van der Waals surface area contributed by atoms with Gasteiger partial charge >= 0.3 is 0 Å². The van der Waals surface area contributed by atoms with Gasteiger partial charge in [0.25, 0.3) is 5.56 Å². The molecule has 166 valence electrons. The molecule has 0 aliphatic heterocycles. The van der Waals surface area contributed by atoms with Crippen LogP contribution in [0, 0.1) is 18.6 Å². The van der Waals surface area contributed by atoms with Crippen LogP contribution in [0.4, 0.5) is 8.78 Å². The molecule has 32 heavy (non-hydrogen) atoms. The van der Waals surface area contributed by atoms with Gasteiger partial charge in [-0.1, -0.05) is 6.07 Å². The summed E-state index contributed by atoms with van der Waals surface area (Å²) in [6, 6.07) is 3.65. The van der Waals surface area contributed by atoms with Crippen molar-refractivity contribution in [3.8, 4) is 0 Å². The predicted molar refractivity (Wildman–Crippen MR) is 124 cm³/mol. The summed E-state index contributed by atoms with van der Waals surface area (Å²) >= 11 is 3.14. The largest absolute Gasteiger partial charge is 0.309 e. The van der Waals surface area contributed by atoms with Gasteiger partial charge in [0.2, 0.25) is 0 Å². The van der Waals surface area contributed by atoms with Crippen LogP contribution in [0.25, 0.3) is 10.2 Å². The van der Waals surface area contributed by atoms with Crippen LogP contribution in [0.2, 0.25) is 0 Å². The number of halogens is 2. The summed E-state index contributed by atoms with van der Waals surface area (Å²) in [7, 11) is 0. The Labute approximate surface area is 191 Å². The van der Waals surface area contributed by atoms with Crippen molar-refractivity contribution in [1.82, 2.24) is 19.9 Å². The number of benzene rings is 1. The van der Waals surface area contributed by atoms with E-state index in [-0.39, 0.29) is 17.6 Å². The number of thiazole rings is 1. The highest BCUT2D eigenvalue weighted by Gasteiger charge is 2.26. The molecule has 0 spiro atoms. The summed E-state index contributed by atoms with van der Waals surface area (Å²) in [5.74, 6) is -1.11. The molecule has 0 amide bonds. The van der Waals surface area contributed by atoms with Crippen molar-refractivity contribution >= 4 is 32.9 Å². The molecule has 2 atom stereocenters. The van der Waals surface area contributed by atoms with Gasteiger partial charge in [-0.25, -0.2) is 18.7 Å². The third kappa shape index (κ3) is 3.89. The van der Waals surface area contributed by atoms with Crippen molar-refractivity contribution in [2.75, 3.05) is 0 Å². The maximum atomic E-state index is 13.9. The van der Waals surface area contributed by atoms with E-state index in [2.05, 4.69) is 15.3 Å². The Morgan fingerprint density at radius 3 is 2.94 bits per heavy atom. The molecule has 5 nitrogen and oxygen atoms in total. The van der Waals surface area contributed by atoms with Crippen molar-refractivity contribution in [2.45, 2.75) is 51.7 Å². The molecule has 0 radical (unpaired) electrons. The van der Waals surface area contributed by atoms with Crippen LogP contribution in [-0.4, -0.2) is 20.6 Å². The maximum absolute atomic E-state index is 13.9. The second-order valence-electron chi connectivity index (χ2n) is 8.16. The Morgan fingerprint density at radius 1 is 1.34 bits per heavy atom. The summed E-state index contributed by atoms with van der Waals surface area (Å²) < 4.78 is 28.7. The Bertz CT molecular complexity index is 1360. The van der Waals surface area contributed by atoms with Crippen LogP contribution in [0.1, 0.15) is 46.1 Å². The number of thiophene rings is 1. The Hall–Kier alpha value is -2.49. The smallest absolute Gasteiger partial charge is 0.262 e. The Kier molecular flexibility index (Phi) is 5.65. The summed E-state index contributed by atoms with van der Waals surface area (Å²) in [5.41, 5.74) is 2.39. The Balaban J connectivity index is 1.38. The fraction of sp³-hybridized carbons (Fsp3) is 0.348. The first-order chi connectivity index (χ1) is 15.4. The summed E-state index contributed by atoms with van der Waals surface area (Å²) in [4.78, 5) is 24.4. The molecular weight excluding hydrogens is 450 g/mol. The Morgan fingerprint density at radius 2 is 2.19 bits per heavy atom. The van der Waals surface area contributed by atoms with E-state index in [9.17, 15) is 13.6 Å². The van der Waals surface area contributed by atoms with E-state index in [0.29, 0.717) is 17.5 Å². The molecule has 1 aliphatic carbocycles. The average molecular weight is 473 g/mol. The van der Waals surface area contributed by atoms with Gasteiger partial charge in [0.05, 0.1) is 28.5 Å². The summed E-state index contributed by atoms with van der Waals surface area (Å²) in [6.45, 7) is 4.26. The summed E-state index contributed by atoms with van der Waals surface area (Å²) in [6.07, 6.45) is 4.00. The second kappa shape index (κ2) is 8.46. The third-order valence-corrected chi connectivity index (χ3v) is 8.03. The molecule has 1 aliphatic rings. The van der Waals surface area contributed by atoms with Crippen molar-refractivity contribution in [3.05, 3.63) is 78.6 Å². The van der Waals surface area contributed by atoms with Crippen LogP contribution in [-0.2, 0) is 19.4 Å². The van der Waals surface area contributed by atoms with E-state index in [1.807, 2.05) is 19.2 Å². The lowest BCUT2D eigenvalue weighted by Crippen LogP contribution is -2.34. The lowest BCUT2D eigenvalue weighted by molar-refractivity contribution is 0.454. The average Bonchev–Trinajstić information content (AvgIpc) is 3.36. The van der Waals surface area contributed by atoms with Crippen LogP contribution < -0.4 is 10.9 Å². The number of hydrogen-bond acceptors (Lipinski definition) is 6. The first kappa shape index (κ1) is 21.4. The second-order valence-corrected chi connectivity index (χ2v) is 10.3. The van der Waals surface area contributed by atoms with Gasteiger partial charge in [-0.2, -0.15) is 0 Å². The van der Waals surface area contributed by atoms with Crippen LogP contribution in [0.15, 0.2) is 34.7 Å². The van der Waals surface area contributed by atoms with Crippen molar-refractivity contribution in [1.29, 1.82) is 0 Å². The topological polar surface area (TPSA) is 59.8 Å². The number of aromatic nitrogens is 3. The standard InChI is InChI=1S/C23H22F2N4OS2/c1-12(19-10-31-13(2)28-19)29-11-27-22-21(23(29)30)17-6-5-16(8-20(17)32-22)26-9-14-3-4-15(24)7-18(14)25/h3-4,7,10-12,16,26H,5-6,8-9H2,1-2H3/t12-,16+/m0/s1. The number of nitrogens with one attached hydrogen (secondary N) is 1. The molecule has 0 saturated heterocycles. The first-order valence-corrected chi connectivity index (χ1v) is 12.2. The zero-order chi connectivity index (χ0) is 22.4. The minimum absolute atomic E-state index is 0.0227. The lowest BCUT2D eigenvalue weighted by atomic mass is 9.93. The lowest BCUT2D eigenvalue weighted by Gasteiger charge is -2.23. The van der Waals surface area contributed by atoms with Crippen LogP contribution in [0.5, 0.6) is 0 Å². The quantitative estimate of drug-likeness (QED) is 0.455. The zero-order valence-electron chi connectivity index (χ0n) is 17.7. The number of aryl methyl sites for hydroxylation is 2. The van der Waals surface area contributed by atoms with E-state index >= 15 is 0 Å². The minimum Gasteiger partial charge on any atom is -0.309 e. The SMILES string of the molecule is Cc1nc([C@H](C)n2cnc3sc4c(c3c2=O)CC[C@@H](NCc2ccc(F)cc2F)C4)cs1. The van der Waals surface area contributed by atoms with Gasteiger partial charge < -0.3 is 5.32 Å². The van der Waals surface area contributed by atoms with Gasteiger partial charge in [-0.3, -0.25) is 9.36 Å². The fourth-order valence-electron chi connectivity index (χ4n) is 4.26. The van der Waals surface area contributed by atoms with Gasteiger partial charge in [0.1, 0.15) is 16.5 Å². The number of hydrogen-bond donors (Lipinski definition) is 1. The molecule has 0 bridgehead atoms. The molecule has 0 saturated carbocycles. The fourth-order valence-corrected chi connectivity index (χ4v) is 6.22. The molecule has 0 fully saturated rings. The maximum Gasteiger partial charge on any atom is 0.262 e. The highest BCUT2D eigenvalue weighted by molar-refractivity contribution is 7.18. The number of fused-ring (bicyclic) bond motifs is 3. The molecular formula is C23H22F2N4OS2. The molecule has 9 heteroatoms. The van der Waals surface area contributed by atoms with Gasteiger partial charge in [-0.05, 0) is 44.7 Å². The zero-order valence-corrected chi connectivity index (χ0v) is 19.3. The third-order valence-electron chi connectivity index (χ3n) is 6.07. The van der Waals surface area contributed by atoms with E-state index < -0.39 is 11.6 Å². The van der Waals surface area contributed by atoms with E-state index in [0.717, 1.165) is 51.3 Å². The number of rotatable bonds is 5. The van der Waals surface area contributed by atoms with Gasteiger partial charge in [0.15, 0.2) is 0 Å². The van der Waals surface area contributed by atoms with Gasteiger partial charge in [0, 0.05) is 34.5 Å². The van der Waals surface area contributed by atoms with Crippen LogP contribution >= 0.6 is 22.7 Å². The highest BCUT2D eigenvalue weighted by atomic mass is 32.1. The first-order valence-electron chi connectivity index (χ1n) is 10.5. The predicted octanol–water partition coefficient (Wildman–Crippen LogP) is 4.76. The van der Waals surface area contributed by atoms with E-state index in [1.54, 1.807) is 33.6 Å². The minimum atomic E-state index is -0.573. The normalized spacial score (nSPS) is 16.9. The molecule has 0 unspecified atom stereocenters. The molecule has 1 N–H and O–H groups in total. The molecule has 1 aromatic carbocycles. The van der Waals surface area contributed by atoms with E-state index in [1.165, 1.54) is 12.1 Å². The van der Waals surface area contributed by atoms with E-state index in [4.69, 9.17) is 0 Å². The molecule has 4 aromatic rings. The number of nitrogens with zero attached hydrogens (tertiary/aromatic N) is 3. The summed E-state index contributed by atoms with van der Waals surface area (Å²) in [5, 5.41) is 7.06. The van der Waals surface area contributed by atoms with Crippen molar-refractivity contribution in [3.63, 3.8) is 0 Å². The van der Waals surface area contributed by atoms with Gasteiger partial charge in [-0.15, -0.1) is 22.7 Å². The molecule has 3 heterocycles. The van der Waals surface area contributed by atoms with Crippen molar-refractivity contribution < 1.29 is 8.78 Å². The monoisotopic (exact) mass is 472 g/mol. The van der Waals surface area contributed by atoms with Crippen molar-refractivity contribution in [2.24, 2.45) is 0 Å².